The average molecular weight is 417 g/mol. The number of fused-ring (bicyclic) bond motifs is 1. The Kier molecular flexibility index (Phi) is 5.58. The Morgan fingerprint density at radius 3 is 2.48 bits per heavy atom. The van der Waals surface area contributed by atoms with Crippen molar-refractivity contribution in [2.75, 3.05) is 17.8 Å². The molecule has 0 bridgehead atoms. The van der Waals surface area contributed by atoms with E-state index in [0.29, 0.717) is 11.5 Å². The molecule has 1 saturated heterocycles. The van der Waals surface area contributed by atoms with Crippen molar-refractivity contribution in [3.05, 3.63) is 59.9 Å². The van der Waals surface area contributed by atoms with Crippen LogP contribution >= 0.6 is 0 Å². The van der Waals surface area contributed by atoms with Crippen LogP contribution in [-0.2, 0) is 10.0 Å². The van der Waals surface area contributed by atoms with Crippen LogP contribution in [0.2, 0.25) is 0 Å². The van der Waals surface area contributed by atoms with Gasteiger partial charge < -0.3 is 4.90 Å². The van der Waals surface area contributed by atoms with Gasteiger partial charge in [-0.15, -0.1) is 0 Å². The number of nitrogens with one attached hydrogen (secondary N) is 1. The Hall–Kier alpha value is -2.41. The van der Waals surface area contributed by atoms with E-state index in [1.807, 2.05) is 4.90 Å². The summed E-state index contributed by atoms with van der Waals surface area (Å²) >= 11 is 0. The Morgan fingerprint density at radius 2 is 1.72 bits per heavy atom. The van der Waals surface area contributed by atoms with E-state index in [-0.39, 0.29) is 16.5 Å². The topological polar surface area (TPSA) is 66.5 Å². The summed E-state index contributed by atoms with van der Waals surface area (Å²) in [6.07, 6.45) is 5.97. The van der Waals surface area contributed by atoms with Gasteiger partial charge in [-0.2, -0.15) is 0 Å². The molecule has 1 heterocycles. The van der Waals surface area contributed by atoms with Gasteiger partial charge in [-0.3, -0.25) is 9.52 Å². The summed E-state index contributed by atoms with van der Waals surface area (Å²) in [5.74, 6) is 0.725. The highest BCUT2D eigenvalue weighted by Crippen LogP contribution is 2.36. The van der Waals surface area contributed by atoms with Gasteiger partial charge in [-0.1, -0.05) is 25.3 Å². The van der Waals surface area contributed by atoms with E-state index in [1.54, 1.807) is 12.1 Å². The third-order valence-corrected chi connectivity index (χ3v) is 7.45. The fourth-order valence-electron chi connectivity index (χ4n) is 4.50. The molecule has 29 heavy (non-hydrogen) atoms. The van der Waals surface area contributed by atoms with Gasteiger partial charge in [-0.05, 0) is 67.1 Å². The molecule has 1 saturated carbocycles. The number of anilines is 1. The number of hydrogen-bond donors (Lipinski definition) is 1. The predicted octanol–water partition coefficient (Wildman–Crippen LogP) is 4.28. The molecule has 1 aliphatic carbocycles. The van der Waals surface area contributed by atoms with Gasteiger partial charge in [0.1, 0.15) is 5.82 Å². The summed E-state index contributed by atoms with van der Waals surface area (Å²) in [5.41, 5.74) is 0.642. The van der Waals surface area contributed by atoms with Crippen LogP contribution in [0.1, 0.15) is 42.5 Å². The molecular weight excluding hydrogens is 391 g/mol. The Bertz CT molecular complexity index is 991. The number of carbonyl (C=O) groups is 1. The summed E-state index contributed by atoms with van der Waals surface area (Å²) in [6, 6.07) is 11.2. The summed E-state index contributed by atoms with van der Waals surface area (Å²) in [5, 5.41) is 0. The molecule has 0 spiro atoms. The zero-order valence-corrected chi connectivity index (χ0v) is 17.0. The standard InChI is InChI=1S/C22H25FN2O3S/c23-19-8-10-20(11-9-19)24-29(27,28)21-7-3-6-17(14-21)22(26)25-13-12-16-4-1-2-5-18(16)15-25/h3,6-11,14,16,18,24H,1-2,4-5,12-13,15H2/t16-,18+/m1/s1. The maximum absolute atomic E-state index is 13.0. The summed E-state index contributed by atoms with van der Waals surface area (Å²) in [7, 11) is -3.88. The molecule has 154 valence electrons. The van der Waals surface area contributed by atoms with Crippen molar-refractivity contribution in [1.29, 1.82) is 0 Å². The first kappa shape index (κ1) is 19.9. The van der Waals surface area contributed by atoms with Crippen LogP contribution in [0.25, 0.3) is 0 Å². The Morgan fingerprint density at radius 1 is 1.00 bits per heavy atom. The number of rotatable bonds is 4. The zero-order valence-electron chi connectivity index (χ0n) is 16.2. The highest BCUT2D eigenvalue weighted by Gasteiger charge is 2.33. The molecule has 2 fully saturated rings. The minimum Gasteiger partial charge on any atom is -0.338 e. The quantitative estimate of drug-likeness (QED) is 0.809. The number of sulfonamides is 1. The van der Waals surface area contributed by atoms with Crippen molar-refractivity contribution >= 4 is 21.6 Å². The van der Waals surface area contributed by atoms with Crippen molar-refractivity contribution < 1.29 is 17.6 Å². The lowest BCUT2D eigenvalue weighted by Crippen LogP contribution is -2.44. The molecule has 0 unspecified atom stereocenters. The second kappa shape index (κ2) is 8.14. The maximum atomic E-state index is 13.0. The van der Waals surface area contributed by atoms with Crippen LogP contribution in [0.5, 0.6) is 0 Å². The van der Waals surface area contributed by atoms with Gasteiger partial charge in [0.15, 0.2) is 0 Å². The maximum Gasteiger partial charge on any atom is 0.261 e. The molecule has 1 N–H and O–H groups in total. The molecular formula is C22H25FN2O3S. The van der Waals surface area contributed by atoms with Crippen LogP contribution < -0.4 is 4.72 Å². The minimum atomic E-state index is -3.88. The van der Waals surface area contributed by atoms with Crippen molar-refractivity contribution in [3.8, 4) is 0 Å². The number of hydrogen-bond acceptors (Lipinski definition) is 3. The van der Waals surface area contributed by atoms with E-state index in [0.717, 1.165) is 25.4 Å². The number of likely N-dealkylation sites (tertiary alicyclic amines) is 1. The van der Waals surface area contributed by atoms with E-state index in [4.69, 9.17) is 0 Å². The number of benzene rings is 2. The fourth-order valence-corrected chi connectivity index (χ4v) is 5.60. The van der Waals surface area contributed by atoms with Crippen LogP contribution in [0.4, 0.5) is 10.1 Å². The first-order valence-corrected chi connectivity index (χ1v) is 11.6. The molecule has 2 aliphatic rings. The first-order chi connectivity index (χ1) is 13.9. The molecule has 1 amide bonds. The molecule has 7 heteroatoms. The highest BCUT2D eigenvalue weighted by molar-refractivity contribution is 7.92. The highest BCUT2D eigenvalue weighted by atomic mass is 32.2. The van der Waals surface area contributed by atoms with Gasteiger partial charge in [0.25, 0.3) is 15.9 Å². The van der Waals surface area contributed by atoms with Gasteiger partial charge in [0.05, 0.1) is 4.90 Å². The van der Waals surface area contributed by atoms with Crippen LogP contribution in [-0.4, -0.2) is 32.3 Å². The third-order valence-electron chi connectivity index (χ3n) is 6.07. The van der Waals surface area contributed by atoms with E-state index in [1.165, 1.54) is 62.1 Å². The SMILES string of the molecule is O=C(c1cccc(S(=O)(=O)Nc2ccc(F)cc2)c1)N1CC[C@H]2CCCC[C@H]2C1. The molecule has 1 aliphatic heterocycles. The monoisotopic (exact) mass is 416 g/mol. The van der Waals surface area contributed by atoms with Gasteiger partial charge in [-0.25, -0.2) is 12.8 Å². The van der Waals surface area contributed by atoms with Crippen molar-refractivity contribution in [1.82, 2.24) is 4.90 Å². The van der Waals surface area contributed by atoms with Gasteiger partial charge in [0, 0.05) is 24.3 Å². The molecule has 4 rings (SSSR count). The van der Waals surface area contributed by atoms with E-state index in [9.17, 15) is 17.6 Å². The fraction of sp³-hybridized carbons (Fsp3) is 0.409. The second-order valence-electron chi connectivity index (χ2n) is 7.98. The van der Waals surface area contributed by atoms with Crippen LogP contribution in [0.15, 0.2) is 53.4 Å². The number of carbonyl (C=O) groups excluding carboxylic acids is 1. The molecule has 5 nitrogen and oxygen atoms in total. The second-order valence-corrected chi connectivity index (χ2v) is 9.67. The number of piperidine rings is 1. The third kappa shape index (κ3) is 4.45. The van der Waals surface area contributed by atoms with E-state index >= 15 is 0 Å². The zero-order chi connectivity index (χ0) is 20.4. The first-order valence-electron chi connectivity index (χ1n) is 10.1. The normalized spacial score (nSPS) is 22.0. The van der Waals surface area contributed by atoms with Crippen LogP contribution in [0.3, 0.4) is 0 Å². The summed E-state index contributed by atoms with van der Waals surface area (Å²) < 4.78 is 40.9. The number of nitrogens with zero attached hydrogens (tertiary/aromatic N) is 1. The van der Waals surface area contributed by atoms with E-state index < -0.39 is 15.8 Å². The van der Waals surface area contributed by atoms with Gasteiger partial charge in [0.2, 0.25) is 0 Å². The predicted molar refractivity (Wildman–Crippen MR) is 110 cm³/mol. The van der Waals surface area contributed by atoms with Crippen molar-refractivity contribution in [3.63, 3.8) is 0 Å². The smallest absolute Gasteiger partial charge is 0.261 e. The molecule has 2 atom stereocenters. The molecule has 2 aromatic rings. The van der Waals surface area contributed by atoms with Gasteiger partial charge >= 0.3 is 0 Å². The lowest BCUT2D eigenvalue weighted by atomic mass is 9.75. The van der Waals surface area contributed by atoms with E-state index in [2.05, 4.69) is 4.72 Å². The molecule has 0 radical (unpaired) electrons. The van der Waals surface area contributed by atoms with Crippen LogP contribution in [0, 0.1) is 17.7 Å². The lowest BCUT2D eigenvalue weighted by Gasteiger charge is -2.41. The molecule has 2 aromatic carbocycles. The van der Waals surface area contributed by atoms with Crippen molar-refractivity contribution in [2.45, 2.75) is 37.0 Å². The number of amides is 1. The molecule has 0 aromatic heterocycles. The number of halogens is 1. The minimum absolute atomic E-state index is 0.0141. The average Bonchev–Trinajstić information content (AvgIpc) is 2.74. The largest absolute Gasteiger partial charge is 0.338 e. The lowest BCUT2D eigenvalue weighted by molar-refractivity contribution is 0.0520. The Balaban J connectivity index is 1.50. The Labute approximate surface area is 171 Å². The summed E-state index contributed by atoms with van der Waals surface area (Å²) in [6.45, 7) is 1.49. The summed E-state index contributed by atoms with van der Waals surface area (Å²) in [4.78, 5) is 14.9. The van der Waals surface area contributed by atoms with Crippen molar-refractivity contribution in [2.24, 2.45) is 11.8 Å².